The van der Waals surface area contributed by atoms with Crippen molar-refractivity contribution in [2.45, 2.75) is 124 Å². The van der Waals surface area contributed by atoms with Crippen LogP contribution in [-0.4, -0.2) is 208 Å². The Balaban J connectivity index is 0.000000151. The van der Waals surface area contributed by atoms with Gasteiger partial charge in [0.1, 0.15) is 71.1 Å². The molecule has 0 radical (unpaired) electrons. The van der Waals surface area contributed by atoms with Crippen molar-refractivity contribution in [2.75, 3.05) is 48.1 Å². The number of thioether (sulfide) groups is 1. The SMILES string of the molecule is NS(=O)(=O)OC[C@H]1C[C@@H](Cc2ncncc2C(=O)c2cc(C[n+]3cncc(Cl)c3)cs2)C[C@@H]1O.NS(=O)(=O)OC[C@H]1C[C@@H](Nc2ncncc2C(=O)c2cc(C(=O)c3cccc(Cl)c3)c(Cl)s2)C[C@@H]1O.NS(=O)(=O)OC[C@H]1C[C@@H](Nc2ncncc2C(=O)c2cc(C(=O)c3ccccc3)co2)C[C@@H]1O.NS(=O)(=O)OC[C@H]1C[C@@H](Nc2ncncc2C(=O)c2cc(C3(c4cccc(Cl)c4)CCCS3)cs2)C[C@@H]1O. The normalized spacial score (nSPS) is 21.6. The van der Waals surface area contributed by atoms with Gasteiger partial charge in [-0.1, -0.05) is 106 Å². The second kappa shape index (κ2) is 47.7. The number of rotatable bonds is 36. The second-order valence-corrected chi connectivity index (χ2v) is 44.9. The zero-order valence-corrected chi connectivity index (χ0v) is 84.0. The molecule has 5 fully saturated rings. The summed E-state index contributed by atoms with van der Waals surface area (Å²) in [6.07, 6.45) is 19.5. The zero-order valence-electron chi connectivity index (χ0n) is 74.5. The molecule has 3 aromatic carbocycles. The number of ketones is 6. The van der Waals surface area contributed by atoms with Crippen molar-refractivity contribution in [1.29, 1.82) is 0 Å². The van der Waals surface area contributed by atoms with E-state index >= 15 is 0 Å². The fraction of sp³-hybridized carbons (Fsp3) is 0.333. The summed E-state index contributed by atoms with van der Waals surface area (Å²) in [5.74, 6) is -1.89. The summed E-state index contributed by atoms with van der Waals surface area (Å²) in [4.78, 5) is 117. The molecule has 0 bridgehead atoms. The van der Waals surface area contributed by atoms with Crippen LogP contribution in [0.4, 0.5) is 17.5 Å². The Hall–Kier alpha value is -10.3. The van der Waals surface area contributed by atoms with Gasteiger partial charge < -0.3 is 40.8 Å². The fourth-order valence-electron chi connectivity index (χ4n) is 17.1. The van der Waals surface area contributed by atoms with Crippen LogP contribution in [0.3, 0.4) is 0 Å². The lowest BCUT2D eigenvalue weighted by Crippen LogP contribution is -2.33. The molecule has 4 saturated carbocycles. The van der Waals surface area contributed by atoms with Gasteiger partial charge in [-0.3, -0.25) is 45.5 Å². The number of carbonyl (C=O) groups is 6. The molecule has 17 rings (SSSR count). The number of furan rings is 1. The first-order valence-corrected chi connectivity index (χ1v) is 54.4. The van der Waals surface area contributed by atoms with Gasteiger partial charge in [-0.05, 0) is 153 Å². The lowest BCUT2D eigenvalue weighted by atomic mass is 9.88. The molecule has 10 heterocycles. The molecule has 4 aliphatic carbocycles. The molecule has 15 N–H and O–H groups in total. The smallest absolute Gasteiger partial charge is 0.333 e. The van der Waals surface area contributed by atoms with Gasteiger partial charge in [-0.25, -0.2) is 65.0 Å². The van der Waals surface area contributed by atoms with E-state index in [0.29, 0.717) is 110 Å². The fourth-order valence-corrected chi connectivity index (χ4v) is 23.7. The van der Waals surface area contributed by atoms with Gasteiger partial charge in [0.15, 0.2) is 23.5 Å². The van der Waals surface area contributed by atoms with E-state index in [1.165, 1.54) is 97.2 Å². The minimum atomic E-state index is -4.12. The van der Waals surface area contributed by atoms with Gasteiger partial charge in [-0.2, -0.15) is 33.7 Å². The van der Waals surface area contributed by atoms with E-state index in [0.717, 1.165) is 46.6 Å². The standard InChI is InChI=1S/C25H27ClN4O5S3.C22H20Cl2N4O6S2.C22H22N4O7S.C21H23ClN5O5S2/c26-18-4-1-3-16(8-18)25(5-2-6-37-25)17-9-22(36-13-17)23(32)20-11-28-14-29-24(20)30-19-7-15(21(31)10-19)12-35-38(27,33)34;23-13-3-1-2-11(4-13)19(30)15-7-18(35-21(15)24)20(31)16-8-26-10-27-22(16)28-14-5-12(17(29)6-14)9-34-36(25,32)33;23-34(30,31)33-11-14-6-16(8-18(14)27)26-22-17(9-24-12-25-22)21(29)19-7-15(10-32-19)20(28)13-4-2-1-3-5-13;22-16-5-25-12-27(8-16)7-14-4-20(33-10-14)21(29)17-6-24-11-26-18(17)2-13-1-15(19(28)3-13)9-32-34(23,30)31/h1,3-4,8-9,11,13-15,19,21,31H,2,5-7,10,12H2,(H2,27,33,34)(H,28,29,30);1-4,7-8,10,12,14,17,29H,5-6,9H2,(H2,25,32,33)(H,26,27,28);1-5,7,9-10,12,14,16,18,27H,6,8,11H2,(H2,23,30,31)(H,24,25,26);4-6,8,10-13,15,19,28H,1-3,7,9H2,(H2,23,30,31)/q;;;+1/t15-,19-,21+,25?;12-,14-,17+;14-,16-,18+;13-,15+,19-/m1110/s1. The predicted octanol–water partition coefficient (Wildman–Crippen LogP) is 9.65. The Morgan fingerprint density at radius 2 is 0.937 bits per heavy atom. The van der Waals surface area contributed by atoms with Crippen molar-refractivity contribution in [3.63, 3.8) is 0 Å². The third-order valence-corrected chi connectivity index (χ3v) is 31.3. The third kappa shape index (κ3) is 29.1. The van der Waals surface area contributed by atoms with Crippen LogP contribution in [0.25, 0.3) is 0 Å². The van der Waals surface area contributed by atoms with Crippen molar-refractivity contribution in [3.8, 4) is 0 Å². The molecule has 1 saturated heterocycles. The van der Waals surface area contributed by atoms with E-state index in [2.05, 4.69) is 83.6 Å². The molecule has 12 aromatic rings. The number of anilines is 3. The summed E-state index contributed by atoms with van der Waals surface area (Å²) in [5, 5.41) is 75.7. The number of aliphatic hydroxyl groups excluding tert-OH is 4. The first-order valence-electron chi connectivity index (χ1n) is 43.5. The number of halogens is 4. The highest BCUT2D eigenvalue weighted by atomic mass is 35.5. The Labute approximate surface area is 850 Å². The molecular weight excluding hydrogens is 2090 g/mol. The summed E-state index contributed by atoms with van der Waals surface area (Å²) < 4.78 is 114. The third-order valence-electron chi connectivity index (χ3n) is 23.8. The monoisotopic (exact) mass is 2170 g/mol. The highest BCUT2D eigenvalue weighted by molar-refractivity contribution is 8.00. The van der Waals surface area contributed by atoms with Crippen LogP contribution in [0.15, 0.2) is 193 Å². The summed E-state index contributed by atoms with van der Waals surface area (Å²) in [7, 11) is -16.4. The van der Waals surface area contributed by atoms with E-state index in [1.807, 2.05) is 57.4 Å². The van der Waals surface area contributed by atoms with Gasteiger partial charge in [0.25, 0.3) is 6.33 Å². The van der Waals surface area contributed by atoms with Crippen LogP contribution in [-0.2, 0) is 75.7 Å². The highest BCUT2D eigenvalue weighted by Crippen LogP contribution is 2.53. The maximum Gasteiger partial charge on any atom is 0.333 e. The van der Waals surface area contributed by atoms with Crippen LogP contribution in [0.1, 0.15) is 180 Å². The zero-order chi connectivity index (χ0) is 102. The quantitative estimate of drug-likeness (QED) is 0.0128. The topological polar surface area (TPSA) is 630 Å². The molecule has 52 heteroatoms. The van der Waals surface area contributed by atoms with Gasteiger partial charge in [0, 0.05) is 93.3 Å². The first kappa shape index (κ1) is 107. The Morgan fingerprint density at radius 3 is 1.46 bits per heavy atom. The minimum absolute atomic E-state index is 0.0103. The van der Waals surface area contributed by atoms with Gasteiger partial charge >= 0.3 is 41.2 Å². The molecule has 5 aliphatic rings. The lowest BCUT2D eigenvalue weighted by molar-refractivity contribution is -0.691. The Kier molecular flexibility index (Phi) is 36.1. The van der Waals surface area contributed by atoms with Gasteiger partial charge in [0.05, 0.1) is 109 Å². The molecule has 0 amide bonds. The maximum absolute atomic E-state index is 13.6. The highest BCUT2D eigenvalue weighted by Gasteiger charge is 2.43. The average Bonchev–Trinajstić information content (AvgIpc) is 1.58. The molecule has 142 heavy (non-hydrogen) atoms. The number of hydrogen-bond acceptors (Lipinski definition) is 39. The lowest BCUT2D eigenvalue weighted by Gasteiger charge is -2.28. The van der Waals surface area contributed by atoms with Crippen LogP contribution >= 0.6 is 92.2 Å². The minimum Gasteiger partial charge on any atom is -0.460 e. The van der Waals surface area contributed by atoms with E-state index in [-0.39, 0.29) is 146 Å². The second-order valence-electron chi connectivity index (χ2n) is 33.9. The van der Waals surface area contributed by atoms with Crippen LogP contribution in [0, 0.1) is 29.6 Å². The van der Waals surface area contributed by atoms with Crippen molar-refractivity contribution < 1.29 is 109 Å². The van der Waals surface area contributed by atoms with Crippen LogP contribution < -0.4 is 41.1 Å². The Bertz CT molecular complexity index is 7080. The van der Waals surface area contributed by atoms with Crippen molar-refractivity contribution in [2.24, 2.45) is 50.1 Å². The number of nitrogens with zero attached hydrogens (tertiary/aromatic N) is 10. The molecule has 1 unspecified atom stereocenters. The molecule has 13 atom stereocenters. The number of carbonyl (C=O) groups excluding carboxylic acids is 6. The summed E-state index contributed by atoms with van der Waals surface area (Å²) in [6, 6.07) is 28.7. The van der Waals surface area contributed by atoms with E-state index in [1.54, 1.807) is 67.3 Å². The molecule has 9 aromatic heterocycles. The number of nitrogens with two attached hydrogens (primary N) is 4. The molecule has 1 aliphatic heterocycles. The number of benzene rings is 3. The largest absolute Gasteiger partial charge is 0.460 e. The van der Waals surface area contributed by atoms with Crippen LogP contribution in [0.5, 0.6) is 0 Å². The summed E-state index contributed by atoms with van der Waals surface area (Å²) in [5.41, 5.74) is 5.97. The summed E-state index contributed by atoms with van der Waals surface area (Å²) in [6.45, 7) is -0.372. The number of hydrogen-bond donors (Lipinski definition) is 11. The van der Waals surface area contributed by atoms with E-state index in [4.69, 9.17) is 71.4 Å². The Morgan fingerprint density at radius 1 is 0.458 bits per heavy atom. The van der Waals surface area contributed by atoms with Gasteiger partial charge in [-0.15, -0.1) is 45.8 Å². The average molecular weight is 2180 g/mol. The van der Waals surface area contributed by atoms with Crippen LogP contribution in [0.2, 0.25) is 19.4 Å². The van der Waals surface area contributed by atoms with Crippen molar-refractivity contribution in [3.05, 3.63) is 296 Å². The van der Waals surface area contributed by atoms with Gasteiger partial charge in [0.2, 0.25) is 23.1 Å². The van der Waals surface area contributed by atoms with E-state index in [9.17, 15) is 82.9 Å². The van der Waals surface area contributed by atoms with Crippen molar-refractivity contribution in [1.82, 2.24) is 44.9 Å². The molecule has 40 nitrogen and oxygen atoms in total. The number of thiophene rings is 3. The number of aliphatic hydroxyl groups is 4. The summed E-state index contributed by atoms with van der Waals surface area (Å²) >= 11 is 30.2. The predicted molar refractivity (Wildman–Crippen MR) is 526 cm³/mol. The molecule has 750 valence electrons. The van der Waals surface area contributed by atoms with Crippen molar-refractivity contribution >= 4 is 186 Å². The number of nitrogens with one attached hydrogen (secondary N) is 3. The molecule has 0 spiro atoms. The maximum atomic E-state index is 13.6. The van der Waals surface area contributed by atoms with E-state index < -0.39 is 95.0 Å². The number of aromatic nitrogens is 10. The first-order chi connectivity index (χ1) is 67.5. The molecular formula is C90H92Cl4N17O23S8+.